The highest BCUT2D eigenvalue weighted by molar-refractivity contribution is 5.84. The maximum Gasteiger partial charge on any atom is 0.119 e. The number of ether oxygens (including phenoxy) is 1. The molecular formula is C23H32N2O3. The summed E-state index contributed by atoms with van der Waals surface area (Å²) in [6.07, 6.45) is 1.63. The van der Waals surface area contributed by atoms with Crippen LogP contribution in [0.15, 0.2) is 36.4 Å². The van der Waals surface area contributed by atoms with Crippen molar-refractivity contribution in [1.82, 2.24) is 9.80 Å². The first-order valence-corrected chi connectivity index (χ1v) is 10.4. The maximum atomic E-state index is 9.89. The molecule has 0 bridgehead atoms. The van der Waals surface area contributed by atoms with Crippen molar-refractivity contribution in [3.05, 3.63) is 42.0 Å². The first-order chi connectivity index (χ1) is 13.6. The molecule has 28 heavy (non-hydrogen) atoms. The van der Waals surface area contributed by atoms with Crippen LogP contribution < -0.4 is 4.74 Å². The summed E-state index contributed by atoms with van der Waals surface area (Å²) in [6, 6.07) is 12.8. The highest BCUT2D eigenvalue weighted by Crippen LogP contribution is 2.28. The molecule has 5 heteroatoms. The fraction of sp³-hybridized carbons (Fsp3) is 0.565. The lowest BCUT2D eigenvalue weighted by molar-refractivity contribution is 0.0684. The lowest BCUT2D eigenvalue weighted by atomic mass is 9.95. The van der Waals surface area contributed by atoms with Crippen LogP contribution in [0.25, 0.3) is 10.8 Å². The molecule has 2 N–H and O–H groups in total. The first-order valence-electron chi connectivity index (χ1n) is 10.4. The zero-order valence-electron chi connectivity index (χ0n) is 16.8. The normalized spacial score (nSPS) is 24.8. The number of fused-ring (bicyclic) bond motifs is 1. The Bertz CT molecular complexity index is 789. The number of piperidine rings is 1. The molecule has 4 rings (SSSR count). The summed E-state index contributed by atoms with van der Waals surface area (Å²) < 4.78 is 5.31. The van der Waals surface area contributed by atoms with Crippen molar-refractivity contribution in [2.75, 3.05) is 46.4 Å². The average Bonchev–Trinajstić information content (AvgIpc) is 3.10. The van der Waals surface area contributed by atoms with Gasteiger partial charge >= 0.3 is 0 Å². The summed E-state index contributed by atoms with van der Waals surface area (Å²) in [5.41, 5.74) is 1.32. The molecule has 5 nitrogen and oxygen atoms in total. The van der Waals surface area contributed by atoms with Gasteiger partial charge in [-0.05, 0) is 59.2 Å². The van der Waals surface area contributed by atoms with Gasteiger partial charge in [-0.2, -0.15) is 0 Å². The number of hydrogen-bond acceptors (Lipinski definition) is 5. The summed E-state index contributed by atoms with van der Waals surface area (Å²) in [5.74, 6) is 1.74. The van der Waals surface area contributed by atoms with Crippen LogP contribution in [0.1, 0.15) is 18.4 Å². The van der Waals surface area contributed by atoms with E-state index in [2.05, 4.69) is 40.1 Å². The molecule has 0 saturated carbocycles. The number of nitrogens with zero attached hydrogens (tertiary/aromatic N) is 2. The van der Waals surface area contributed by atoms with Crippen LogP contribution in [0, 0.1) is 11.8 Å². The molecule has 0 aliphatic carbocycles. The standard InChI is InChI=1S/C23H32N2O3/c1-28-23-5-4-18-10-17(2-3-19(18)11-23)12-25-14-20(21(15-25)16-26)13-24-8-6-22(27)7-9-24/h2-5,10-11,20-22,26-27H,6-9,12-16H2,1H3/t20-,21-/m0/s1. The van der Waals surface area contributed by atoms with Crippen molar-refractivity contribution >= 4 is 10.8 Å². The number of benzene rings is 2. The van der Waals surface area contributed by atoms with Gasteiger partial charge in [0.1, 0.15) is 5.75 Å². The number of hydrogen-bond donors (Lipinski definition) is 2. The minimum Gasteiger partial charge on any atom is -0.497 e. The molecule has 2 aromatic rings. The second kappa shape index (κ2) is 8.78. The molecule has 0 spiro atoms. The molecule has 0 aromatic heterocycles. The topological polar surface area (TPSA) is 56.2 Å². The average molecular weight is 385 g/mol. The molecule has 2 atom stereocenters. The molecule has 0 radical (unpaired) electrons. The van der Waals surface area contributed by atoms with E-state index < -0.39 is 0 Å². The van der Waals surface area contributed by atoms with Crippen molar-refractivity contribution in [2.24, 2.45) is 11.8 Å². The molecule has 2 saturated heterocycles. The quantitative estimate of drug-likeness (QED) is 0.801. The number of aliphatic hydroxyl groups is 2. The number of likely N-dealkylation sites (tertiary alicyclic amines) is 2. The fourth-order valence-corrected chi connectivity index (χ4v) is 4.77. The van der Waals surface area contributed by atoms with Gasteiger partial charge in [0.05, 0.1) is 13.2 Å². The van der Waals surface area contributed by atoms with Crippen LogP contribution in [-0.4, -0.2) is 72.6 Å². The Hall–Kier alpha value is -1.66. The van der Waals surface area contributed by atoms with Crippen molar-refractivity contribution in [3.8, 4) is 5.75 Å². The summed E-state index contributed by atoms with van der Waals surface area (Å²) in [7, 11) is 1.70. The summed E-state index contributed by atoms with van der Waals surface area (Å²) in [5, 5.41) is 22.0. The van der Waals surface area contributed by atoms with Crippen LogP contribution in [0.3, 0.4) is 0 Å². The predicted molar refractivity (Wildman–Crippen MR) is 112 cm³/mol. The van der Waals surface area contributed by atoms with Crippen molar-refractivity contribution < 1.29 is 14.9 Å². The molecule has 2 aliphatic rings. The Morgan fingerprint density at radius 2 is 1.68 bits per heavy atom. The molecule has 2 heterocycles. The van der Waals surface area contributed by atoms with Crippen molar-refractivity contribution in [1.29, 1.82) is 0 Å². The van der Waals surface area contributed by atoms with Gasteiger partial charge in [-0.25, -0.2) is 0 Å². The first kappa shape index (κ1) is 19.6. The SMILES string of the molecule is COc1ccc2cc(CN3C[C@@H](CO)[C@@H](CN4CCC(O)CC4)C3)ccc2c1. The largest absolute Gasteiger partial charge is 0.497 e. The van der Waals surface area contributed by atoms with Gasteiger partial charge in [-0.3, -0.25) is 4.90 Å². The third kappa shape index (κ3) is 4.49. The van der Waals surface area contributed by atoms with Gasteiger partial charge < -0.3 is 19.8 Å². The van der Waals surface area contributed by atoms with E-state index in [0.29, 0.717) is 11.8 Å². The minimum absolute atomic E-state index is 0.127. The zero-order valence-corrected chi connectivity index (χ0v) is 16.8. The molecule has 152 valence electrons. The van der Waals surface area contributed by atoms with Crippen LogP contribution in [0.2, 0.25) is 0 Å². The van der Waals surface area contributed by atoms with Gasteiger partial charge in [0.2, 0.25) is 0 Å². The lowest BCUT2D eigenvalue weighted by Crippen LogP contribution is -2.40. The van der Waals surface area contributed by atoms with E-state index in [4.69, 9.17) is 4.74 Å². The minimum atomic E-state index is -0.127. The zero-order chi connectivity index (χ0) is 19.5. The monoisotopic (exact) mass is 384 g/mol. The van der Waals surface area contributed by atoms with Gasteiger partial charge in [-0.1, -0.05) is 18.2 Å². The third-order valence-corrected chi connectivity index (χ3v) is 6.45. The van der Waals surface area contributed by atoms with Crippen LogP contribution in [-0.2, 0) is 6.54 Å². The van der Waals surface area contributed by atoms with Gasteiger partial charge in [-0.15, -0.1) is 0 Å². The maximum absolute atomic E-state index is 9.89. The van der Waals surface area contributed by atoms with Gasteiger partial charge in [0.25, 0.3) is 0 Å². The Kier molecular flexibility index (Phi) is 6.16. The van der Waals surface area contributed by atoms with Gasteiger partial charge in [0.15, 0.2) is 0 Å². The summed E-state index contributed by atoms with van der Waals surface area (Å²) >= 11 is 0. The molecule has 0 amide bonds. The Labute approximate surface area is 167 Å². The van der Waals surface area contributed by atoms with E-state index in [1.807, 2.05) is 6.07 Å². The van der Waals surface area contributed by atoms with E-state index in [0.717, 1.165) is 57.9 Å². The van der Waals surface area contributed by atoms with Crippen LogP contribution in [0.5, 0.6) is 5.75 Å². The Morgan fingerprint density at radius 3 is 2.43 bits per heavy atom. The predicted octanol–water partition coefficient (Wildman–Crippen LogP) is 2.35. The van der Waals surface area contributed by atoms with Crippen LogP contribution >= 0.6 is 0 Å². The lowest BCUT2D eigenvalue weighted by Gasteiger charge is -2.32. The van der Waals surface area contributed by atoms with E-state index in [1.54, 1.807) is 7.11 Å². The smallest absolute Gasteiger partial charge is 0.119 e. The van der Waals surface area contributed by atoms with Crippen molar-refractivity contribution in [2.45, 2.75) is 25.5 Å². The van der Waals surface area contributed by atoms with E-state index in [1.165, 1.54) is 16.3 Å². The van der Waals surface area contributed by atoms with Gasteiger partial charge in [0, 0.05) is 45.9 Å². The molecule has 2 aromatic carbocycles. The molecular weight excluding hydrogens is 352 g/mol. The third-order valence-electron chi connectivity index (χ3n) is 6.45. The summed E-state index contributed by atoms with van der Waals surface area (Å²) in [6.45, 7) is 6.16. The number of aliphatic hydroxyl groups excluding tert-OH is 2. The number of rotatable bonds is 6. The molecule has 0 unspecified atom stereocenters. The second-order valence-corrected chi connectivity index (χ2v) is 8.48. The van der Waals surface area contributed by atoms with E-state index in [9.17, 15) is 10.2 Å². The summed E-state index contributed by atoms with van der Waals surface area (Å²) in [4.78, 5) is 4.95. The fourth-order valence-electron chi connectivity index (χ4n) is 4.77. The number of methoxy groups -OCH3 is 1. The van der Waals surface area contributed by atoms with Crippen LogP contribution in [0.4, 0.5) is 0 Å². The Morgan fingerprint density at radius 1 is 0.964 bits per heavy atom. The van der Waals surface area contributed by atoms with E-state index >= 15 is 0 Å². The van der Waals surface area contributed by atoms with E-state index in [-0.39, 0.29) is 12.7 Å². The second-order valence-electron chi connectivity index (χ2n) is 8.48. The Balaban J connectivity index is 1.39. The highest BCUT2D eigenvalue weighted by atomic mass is 16.5. The van der Waals surface area contributed by atoms with Crippen molar-refractivity contribution in [3.63, 3.8) is 0 Å². The molecule has 2 fully saturated rings. The molecule has 2 aliphatic heterocycles. The highest BCUT2D eigenvalue weighted by Gasteiger charge is 2.34.